The maximum atomic E-state index is 12.6. The molecule has 1 aromatic rings. The number of piperidine rings is 2. The van der Waals surface area contributed by atoms with E-state index in [2.05, 4.69) is 15.1 Å². The number of rotatable bonds is 1. The van der Waals surface area contributed by atoms with E-state index in [1.165, 1.54) is 12.1 Å². The summed E-state index contributed by atoms with van der Waals surface area (Å²) in [5.74, 6) is -0.0812. The molecule has 0 aliphatic carbocycles. The molecule has 1 aromatic carbocycles. The summed E-state index contributed by atoms with van der Waals surface area (Å²) in [5.41, 5.74) is 4.63. The van der Waals surface area contributed by atoms with Crippen LogP contribution in [0.3, 0.4) is 0 Å². The largest absolute Gasteiger partial charge is 0.573 e. The van der Waals surface area contributed by atoms with Crippen LogP contribution in [0.2, 0.25) is 0 Å². The number of carbonyl (C=O) groups excluding carboxylic acids is 1. The molecule has 2 unspecified atom stereocenters. The highest BCUT2D eigenvalue weighted by Gasteiger charge is 2.56. The number of ether oxygens (including phenoxy) is 1. The molecule has 0 bridgehead atoms. The summed E-state index contributed by atoms with van der Waals surface area (Å²) in [6, 6.07) is 4.67. The van der Waals surface area contributed by atoms with Gasteiger partial charge in [0.25, 0.3) is 0 Å². The first-order chi connectivity index (χ1) is 11.9. The molecule has 5 rings (SSSR count). The summed E-state index contributed by atoms with van der Waals surface area (Å²) in [6.45, 7) is 1.87. The summed E-state index contributed by atoms with van der Waals surface area (Å²) in [5, 5.41) is 1.89. The van der Waals surface area contributed by atoms with E-state index in [-0.39, 0.29) is 35.6 Å². The Balaban J connectivity index is 1.55. The van der Waals surface area contributed by atoms with Crippen LogP contribution in [0.15, 0.2) is 18.2 Å². The molecule has 0 spiro atoms. The summed E-state index contributed by atoms with van der Waals surface area (Å²) in [6.07, 6.45) is -1.93. The zero-order valence-corrected chi connectivity index (χ0v) is 13.4. The molecule has 5 nitrogen and oxygen atoms in total. The third-order valence-electron chi connectivity index (χ3n) is 6.04. The quantitative estimate of drug-likeness (QED) is 0.842. The minimum Gasteiger partial charge on any atom is -0.406 e. The summed E-state index contributed by atoms with van der Waals surface area (Å²) < 4.78 is 41.8. The average molecular weight is 353 g/mol. The lowest BCUT2D eigenvalue weighted by Crippen LogP contribution is -2.71. The van der Waals surface area contributed by atoms with Gasteiger partial charge in [-0.25, -0.2) is 0 Å². The number of hydrazine groups is 1. The number of hydrogen-bond acceptors (Lipinski definition) is 4. The number of nitrogens with one attached hydrogen (secondary N) is 1. The molecule has 25 heavy (non-hydrogen) atoms. The second-order valence-electron chi connectivity index (χ2n) is 7.28. The monoisotopic (exact) mass is 353 g/mol. The zero-order chi connectivity index (χ0) is 17.3. The lowest BCUT2D eigenvalue weighted by molar-refractivity contribution is -0.274. The van der Waals surface area contributed by atoms with Crippen LogP contribution in [0, 0.1) is 5.92 Å². The number of hydrogen-bond donors (Lipinski definition) is 1. The summed E-state index contributed by atoms with van der Waals surface area (Å²) in [7, 11) is 0. The maximum absolute atomic E-state index is 12.6. The highest BCUT2D eigenvalue weighted by atomic mass is 19.4. The number of fused-ring (bicyclic) bond motifs is 3. The van der Waals surface area contributed by atoms with Crippen LogP contribution in [0.4, 0.5) is 18.9 Å². The van der Waals surface area contributed by atoms with E-state index in [0.717, 1.165) is 43.6 Å². The van der Waals surface area contributed by atoms with Crippen LogP contribution in [0.5, 0.6) is 5.75 Å². The second-order valence-corrected chi connectivity index (χ2v) is 7.28. The van der Waals surface area contributed by atoms with Crippen molar-refractivity contribution < 1.29 is 22.7 Å². The summed E-state index contributed by atoms with van der Waals surface area (Å²) >= 11 is 0. The number of alkyl halides is 3. The van der Waals surface area contributed by atoms with Gasteiger partial charge in [0.1, 0.15) is 5.75 Å². The minimum atomic E-state index is -4.70. The molecule has 3 saturated heterocycles. The molecule has 0 aromatic heterocycles. The van der Waals surface area contributed by atoms with Gasteiger partial charge in [0.15, 0.2) is 0 Å². The van der Waals surface area contributed by atoms with E-state index >= 15 is 0 Å². The lowest BCUT2D eigenvalue weighted by Gasteiger charge is -2.54. The summed E-state index contributed by atoms with van der Waals surface area (Å²) in [4.78, 5) is 14.9. The third kappa shape index (κ3) is 2.23. The molecular weight excluding hydrogens is 335 g/mol. The normalized spacial score (nSPS) is 33.6. The van der Waals surface area contributed by atoms with Crippen LogP contribution < -0.4 is 15.2 Å². The molecule has 4 heterocycles. The maximum Gasteiger partial charge on any atom is 0.573 e. The van der Waals surface area contributed by atoms with Gasteiger partial charge in [0.2, 0.25) is 5.91 Å². The first kappa shape index (κ1) is 15.3. The lowest BCUT2D eigenvalue weighted by atomic mass is 9.74. The predicted octanol–water partition coefficient (Wildman–Crippen LogP) is 2.39. The van der Waals surface area contributed by atoms with Gasteiger partial charge in [0.05, 0.1) is 17.6 Å². The Bertz CT molecular complexity index is 738. The number of anilines is 1. The predicted molar refractivity (Wildman–Crippen MR) is 83.0 cm³/mol. The molecular formula is C17H18F3N3O2. The van der Waals surface area contributed by atoms with Crippen LogP contribution >= 0.6 is 0 Å². The van der Waals surface area contributed by atoms with Crippen molar-refractivity contribution in [2.75, 3.05) is 18.1 Å². The average Bonchev–Trinajstić information content (AvgIpc) is 2.87. The number of carbonyl (C=O) groups is 1. The van der Waals surface area contributed by atoms with Crippen molar-refractivity contribution in [1.82, 2.24) is 10.3 Å². The van der Waals surface area contributed by atoms with E-state index in [4.69, 9.17) is 0 Å². The Morgan fingerprint density at radius 2 is 1.96 bits per heavy atom. The van der Waals surface area contributed by atoms with E-state index in [0.29, 0.717) is 0 Å². The molecule has 1 N–H and O–H groups in total. The van der Waals surface area contributed by atoms with Crippen LogP contribution in [-0.4, -0.2) is 42.3 Å². The van der Waals surface area contributed by atoms with Crippen LogP contribution in [0.1, 0.15) is 30.7 Å². The number of nitrogens with zero attached hydrogens (tertiary/aromatic N) is 2. The van der Waals surface area contributed by atoms with Crippen molar-refractivity contribution in [3.63, 3.8) is 0 Å². The molecule has 134 valence electrons. The number of halogens is 3. The van der Waals surface area contributed by atoms with E-state index in [1.54, 1.807) is 6.07 Å². The van der Waals surface area contributed by atoms with Gasteiger partial charge in [-0.2, -0.15) is 0 Å². The van der Waals surface area contributed by atoms with Crippen LogP contribution in [-0.2, 0) is 4.79 Å². The van der Waals surface area contributed by atoms with Crippen molar-refractivity contribution in [1.29, 1.82) is 0 Å². The highest BCUT2D eigenvalue weighted by Crippen LogP contribution is 2.51. The Labute approximate surface area is 142 Å². The number of amides is 1. The van der Waals surface area contributed by atoms with Gasteiger partial charge in [0, 0.05) is 12.0 Å². The second kappa shape index (κ2) is 5.03. The first-order valence-electron chi connectivity index (χ1n) is 8.66. The van der Waals surface area contributed by atoms with Gasteiger partial charge in [-0.05, 0) is 56.1 Å². The fourth-order valence-electron chi connectivity index (χ4n) is 5.22. The first-order valence-corrected chi connectivity index (χ1v) is 8.66. The van der Waals surface area contributed by atoms with Crippen molar-refractivity contribution in [3.8, 4) is 5.75 Å². The highest BCUT2D eigenvalue weighted by molar-refractivity contribution is 5.85. The third-order valence-corrected chi connectivity index (χ3v) is 6.04. The Morgan fingerprint density at radius 1 is 1.12 bits per heavy atom. The standard InChI is InChI=1S/C17H18F3N3O2/c18-17(19,20)25-9-3-4-13-12(8-9)10-5-7-22-6-1-2-11-14(22)15(10)23(13)21-16(11)24/h3-4,8,10-11,14-15H,1-2,5-7H2,(H,21,24)/t10?,11-,14+,15?/m0/s1. The molecule has 8 heteroatoms. The Hall–Kier alpha value is -1.96. The molecule has 0 radical (unpaired) electrons. The van der Waals surface area contributed by atoms with E-state index < -0.39 is 6.36 Å². The smallest absolute Gasteiger partial charge is 0.406 e. The fraction of sp³-hybridized carbons (Fsp3) is 0.588. The SMILES string of the molecule is O=C1NN2c3ccc(OC(F)(F)F)cc3C3CCN4CCC[C@H]1[C@@H]4C32. The van der Waals surface area contributed by atoms with Crippen LogP contribution in [0.25, 0.3) is 0 Å². The minimum absolute atomic E-state index is 0.0232. The molecule has 1 amide bonds. The van der Waals surface area contributed by atoms with Gasteiger partial charge in [-0.3, -0.25) is 20.1 Å². The molecule has 0 saturated carbocycles. The molecule has 4 aliphatic rings. The van der Waals surface area contributed by atoms with E-state index in [1.807, 2.05) is 5.01 Å². The van der Waals surface area contributed by atoms with Crippen molar-refractivity contribution >= 4 is 11.6 Å². The Morgan fingerprint density at radius 3 is 2.76 bits per heavy atom. The van der Waals surface area contributed by atoms with Crippen molar-refractivity contribution in [2.24, 2.45) is 5.92 Å². The van der Waals surface area contributed by atoms with Gasteiger partial charge in [-0.1, -0.05) is 0 Å². The van der Waals surface area contributed by atoms with Crippen molar-refractivity contribution in [2.45, 2.75) is 43.6 Å². The topological polar surface area (TPSA) is 44.8 Å². The molecule has 4 atom stereocenters. The molecule has 3 fully saturated rings. The van der Waals surface area contributed by atoms with Gasteiger partial charge >= 0.3 is 6.36 Å². The molecule has 4 aliphatic heterocycles. The zero-order valence-electron chi connectivity index (χ0n) is 13.4. The van der Waals surface area contributed by atoms with Gasteiger partial charge < -0.3 is 4.74 Å². The van der Waals surface area contributed by atoms with Gasteiger partial charge in [-0.15, -0.1) is 13.2 Å². The fourth-order valence-corrected chi connectivity index (χ4v) is 5.22. The van der Waals surface area contributed by atoms with E-state index in [9.17, 15) is 18.0 Å². The number of benzene rings is 1. The van der Waals surface area contributed by atoms with Crippen molar-refractivity contribution in [3.05, 3.63) is 23.8 Å². The Kier molecular flexibility index (Phi) is 3.08.